The van der Waals surface area contributed by atoms with Gasteiger partial charge in [-0.1, -0.05) is 23.5 Å². The molecule has 166 valence electrons. The van der Waals surface area contributed by atoms with Gasteiger partial charge in [-0.05, 0) is 29.8 Å². The number of alkyl halides is 3. The average molecular weight is 480 g/mol. The number of hydrogen-bond acceptors (Lipinski definition) is 8. The zero-order chi connectivity index (χ0) is 22.7. The van der Waals surface area contributed by atoms with E-state index in [1.54, 1.807) is 26.4 Å². The number of aromatic nitrogens is 3. The summed E-state index contributed by atoms with van der Waals surface area (Å²) in [4.78, 5) is 13.1. The molecular formula is C21H16F3N3O3S2. The molecule has 0 spiro atoms. The molecule has 0 fully saturated rings. The van der Waals surface area contributed by atoms with E-state index in [1.807, 2.05) is 30.3 Å². The van der Waals surface area contributed by atoms with Crippen molar-refractivity contribution < 1.29 is 27.4 Å². The van der Waals surface area contributed by atoms with Crippen molar-refractivity contribution in [3.05, 3.63) is 59.1 Å². The normalized spacial score (nSPS) is 11.4. The Labute approximate surface area is 189 Å². The number of methoxy groups -OCH3 is 2. The molecule has 4 aromatic rings. The van der Waals surface area contributed by atoms with Crippen LogP contribution in [0.5, 0.6) is 16.7 Å². The molecule has 0 atom stereocenters. The standard InChI is InChI=1S/C21H16F3N3O3S2/c1-28-13-5-3-12(4-6-13)10-30-17-9-14(15-7-8-18(29-2)32-15)25-19(27-17)20-26-16(11-31-20)21(22,23)24/h3-9,11H,10H2,1-2H3. The van der Waals surface area contributed by atoms with Crippen LogP contribution < -0.4 is 14.2 Å². The van der Waals surface area contributed by atoms with Gasteiger partial charge in [0.15, 0.2) is 21.6 Å². The second kappa shape index (κ2) is 9.13. The van der Waals surface area contributed by atoms with Crippen molar-refractivity contribution in [2.45, 2.75) is 12.8 Å². The highest BCUT2D eigenvalue weighted by atomic mass is 32.1. The molecule has 0 amide bonds. The Morgan fingerprint density at radius 3 is 2.34 bits per heavy atom. The number of nitrogens with zero attached hydrogens (tertiary/aromatic N) is 3. The number of halogens is 3. The third-order valence-electron chi connectivity index (χ3n) is 4.27. The molecule has 3 aromatic heterocycles. The molecule has 1 aromatic carbocycles. The third-order valence-corrected chi connectivity index (χ3v) is 6.18. The Morgan fingerprint density at radius 1 is 0.938 bits per heavy atom. The van der Waals surface area contributed by atoms with E-state index in [-0.39, 0.29) is 23.3 Å². The lowest BCUT2D eigenvalue weighted by Gasteiger charge is -2.09. The summed E-state index contributed by atoms with van der Waals surface area (Å²) >= 11 is 2.17. The maximum Gasteiger partial charge on any atom is 0.434 e. The van der Waals surface area contributed by atoms with Gasteiger partial charge in [0.2, 0.25) is 5.88 Å². The lowest BCUT2D eigenvalue weighted by molar-refractivity contribution is -0.140. The molecule has 32 heavy (non-hydrogen) atoms. The van der Waals surface area contributed by atoms with Crippen molar-refractivity contribution in [1.82, 2.24) is 15.0 Å². The molecule has 0 radical (unpaired) electrons. The molecule has 3 heterocycles. The SMILES string of the molecule is COc1ccc(COc2cc(-c3ccc(OC)s3)nc(-c3nc(C(F)(F)F)cs3)n2)cc1. The number of thiophene rings is 1. The number of benzene rings is 1. The fourth-order valence-electron chi connectivity index (χ4n) is 2.67. The third kappa shape index (κ3) is 5.00. The molecule has 0 aliphatic carbocycles. The van der Waals surface area contributed by atoms with Crippen molar-refractivity contribution >= 4 is 22.7 Å². The number of hydrogen-bond donors (Lipinski definition) is 0. The van der Waals surface area contributed by atoms with Crippen LogP contribution in [0.3, 0.4) is 0 Å². The van der Waals surface area contributed by atoms with E-state index in [0.717, 1.165) is 32.9 Å². The minimum absolute atomic E-state index is 0.0528. The first kappa shape index (κ1) is 22.0. The van der Waals surface area contributed by atoms with Crippen LogP contribution >= 0.6 is 22.7 Å². The second-order valence-corrected chi connectivity index (χ2v) is 8.31. The maximum absolute atomic E-state index is 13.0. The summed E-state index contributed by atoms with van der Waals surface area (Å²) in [6, 6.07) is 12.5. The first-order valence-electron chi connectivity index (χ1n) is 9.18. The highest BCUT2D eigenvalue weighted by Crippen LogP contribution is 2.36. The first-order valence-corrected chi connectivity index (χ1v) is 10.9. The van der Waals surface area contributed by atoms with Crippen LogP contribution in [0.15, 0.2) is 47.8 Å². The smallest absolute Gasteiger partial charge is 0.434 e. The van der Waals surface area contributed by atoms with Gasteiger partial charge in [0, 0.05) is 11.4 Å². The van der Waals surface area contributed by atoms with Gasteiger partial charge in [-0.2, -0.15) is 18.2 Å². The van der Waals surface area contributed by atoms with Crippen LogP contribution in [0.1, 0.15) is 11.3 Å². The van der Waals surface area contributed by atoms with Crippen molar-refractivity contribution in [3.8, 4) is 38.1 Å². The molecular weight excluding hydrogens is 463 g/mol. The minimum atomic E-state index is -4.54. The van der Waals surface area contributed by atoms with Gasteiger partial charge in [-0.25, -0.2) is 9.97 Å². The lowest BCUT2D eigenvalue weighted by atomic mass is 10.2. The van der Waals surface area contributed by atoms with E-state index in [1.165, 1.54) is 11.3 Å². The zero-order valence-corrected chi connectivity index (χ0v) is 18.5. The molecule has 0 saturated carbocycles. The summed E-state index contributed by atoms with van der Waals surface area (Å²) in [5.41, 5.74) is 0.390. The molecule has 4 rings (SSSR count). The van der Waals surface area contributed by atoms with Crippen LogP contribution in [0.2, 0.25) is 0 Å². The highest BCUT2D eigenvalue weighted by molar-refractivity contribution is 7.17. The number of rotatable bonds is 7. The second-order valence-electron chi connectivity index (χ2n) is 6.41. The van der Waals surface area contributed by atoms with E-state index in [9.17, 15) is 13.2 Å². The van der Waals surface area contributed by atoms with Crippen LogP contribution in [0, 0.1) is 0 Å². The molecule has 6 nitrogen and oxygen atoms in total. The van der Waals surface area contributed by atoms with Crippen molar-refractivity contribution in [3.63, 3.8) is 0 Å². The summed E-state index contributed by atoms with van der Waals surface area (Å²) in [6.45, 7) is 0.208. The van der Waals surface area contributed by atoms with Gasteiger partial charge < -0.3 is 14.2 Å². The van der Waals surface area contributed by atoms with Crippen LogP contribution in [0.25, 0.3) is 21.4 Å². The molecule has 0 saturated heterocycles. The molecule has 0 bridgehead atoms. The summed E-state index contributed by atoms with van der Waals surface area (Å²) in [5.74, 6) is 0.994. The van der Waals surface area contributed by atoms with E-state index in [4.69, 9.17) is 14.2 Å². The van der Waals surface area contributed by atoms with Crippen LogP contribution in [-0.2, 0) is 12.8 Å². The molecule has 0 aliphatic heterocycles. The average Bonchev–Trinajstić information content (AvgIpc) is 3.48. The van der Waals surface area contributed by atoms with Crippen LogP contribution in [0.4, 0.5) is 13.2 Å². The Bertz CT molecular complexity index is 1210. The Balaban J connectivity index is 1.67. The molecule has 11 heteroatoms. The predicted molar refractivity (Wildman–Crippen MR) is 115 cm³/mol. The lowest BCUT2D eigenvalue weighted by Crippen LogP contribution is -2.05. The van der Waals surface area contributed by atoms with Crippen molar-refractivity contribution in [2.75, 3.05) is 14.2 Å². The molecule has 0 unspecified atom stereocenters. The van der Waals surface area contributed by atoms with Crippen molar-refractivity contribution in [2.24, 2.45) is 0 Å². The Morgan fingerprint density at radius 2 is 1.72 bits per heavy atom. The monoisotopic (exact) mass is 479 g/mol. The van der Waals surface area contributed by atoms with E-state index >= 15 is 0 Å². The maximum atomic E-state index is 13.0. The van der Waals surface area contributed by atoms with Crippen molar-refractivity contribution in [1.29, 1.82) is 0 Å². The van der Waals surface area contributed by atoms with E-state index < -0.39 is 11.9 Å². The molecule has 0 aliphatic rings. The van der Waals surface area contributed by atoms with Gasteiger partial charge in [-0.15, -0.1) is 11.3 Å². The number of ether oxygens (including phenoxy) is 3. The predicted octanol–water partition coefficient (Wildman–Crippen LogP) is 5.94. The fourth-order valence-corrected chi connectivity index (χ4v) is 4.21. The van der Waals surface area contributed by atoms with Gasteiger partial charge in [-0.3, -0.25) is 0 Å². The first-order chi connectivity index (χ1) is 15.4. The minimum Gasteiger partial charge on any atom is -0.497 e. The Kier molecular flexibility index (Phi) is 6.28. The van der Waals surface area contributed by atoms with E-state index in [2.05, 4.69) is 15.0 Å². The van der Waals surface area contributed by atoms with Crippen LogP contribution in [-0.4, -0.2) is 29.2 Å². The quantitative estimate of drug-likeness (QED) is 0.327. The van der Waals surface area contributed by atoms with Gasteiger partial charge in [0.1, 0.15) is 12.4 Å². The largest absolute Gasteiger partial charge is 0.497 e. The van der Waals surface area contributed by atoms with E-state index in [0.29, 0.717) is 10.8 Å². The van der Waals surface area contributed by atoms with Gasteiger partial charge in [0.25, 0.3) is 0 Å². The topological polar surface area (TPSA) is 66.4 Å². The molecule has 0 N–H and O–H groups in total. The van der Waals surface area contributed by atoms with Gasteiger partial charge in [0.05, 0.1) is 24.8 Å². The summed E-state index contributed by atoms with van der Waals surface area (Å²) in [5, 5.41) is 1.67. The number of thiazole rings is 1. The summed E-state index contributed by atoms with van der Waals surface area (Å²) in [7, 11) is 3.14. The summed E-state index contributed by atoms with van der Waals surface area (Å²) < 4.78 is 55.2. The highest BCUT2D eigenvalue weighted by Gasteiger charge is 2.34. The van der Waals surface area contributed by atoms with Gasteiger partial charge >= 0.3 is 6.18 Å². The fraction of sp³-hybridized carbons (Fsp3) is 0.190. The summed E-state index contributed by atoms with van der Waals surface area (Å²) in [6.07, 6.45) is -4.54. The Hall–Kier alpha value is -3.18. The zero-order valence-electron chi connectivity index (χ0n) is 16.8.